The maximum absolute atomic E-state index is 13.9. The van der Waals surface area contributed by atoms with Gasteiger partial charge in [0, 0.05) is 63.7 Å². The fraction of sp³-hybridized carbons (Fsp3) is 0.964. The topological polar surface area (TPSA) is 76.9 Å². The summed E-state index contributed by atoms with van der Waals surface area (Å²) in [5.74, 6) is 2.98. The molecule has 202 valence electrons. The van der Waals surface area contributed by atoms with Gasteiger partial charge in [-0.25, -0.2) is 5.01 Å². The molecule has 2 aliphatic heterocycles. The molecule has 2 saturated heterocycles. The number of hydrazine groups is 1. The first-order valence-electron chi connectivity index (χ1n) is 14.8. The van der Waals surface area contributed by atoms with E-state index in [-0.39, 0.29) is 12.1 Å². The standard InChI is InChI=1S/C28H54N6O/c1-20(2)34-27-25(17-30-34)24(28(35)33(4)19-21-9-6-5-7-10-21)16-26(31-27)23-12-8-11-22(15-23)18-32(3)14-13-29/h20-27,30-31H,5-19,29H2,1-4H3. The number of rotatable bonds is 9. The van der Waals surface area contributed by atoms with Crippen LogP contribution < -0.4 is 16.5 Å². The van der Waals surface area contributed by atoms with E-state index in [1.54, 1.807) is 0 Å². The van der Waals surface area contributed by atoms with Crippen molar-refractivity contribution >= 4 is 5.91 Å². The molecule has 0 aromatic carbocycles. The highest BCUT2D eigenvalue weighted by Crippen LogP contribution is 2.40. The molecule has 4 N–H and O–H groups in total. The molecule has 6 unspecified atom stereocenters. The van der Waals surface area contributed by atoms with Crippen molar-refractivity contribution in [1.29, 1.82) is 0 Å². The molecule has 0 bridgehead atoms. The predicted octanol–water partition coefficient (Wildman–Crippen LogP) is 2.87. The van der Waals surface area contributed by atoms with E-state index in [1.165, 1.54) is 57.8 Å². The quantitative estimate of drug-likeness (QED) is 0.461. The Morgan fingerprint density at radius 1 is 1.00 bits per heavy atom. The molecule has 4 aliphatic rings. The van der Waals surface area contributed by atoms with Crippen LogP contribution in [0.15, 0.2) is 0 Å². The van der Waals surface area contributed by atoms with Crippen LogP contribution in [-0.2, 0) is 4.79 Å². The SMILES string of the molecule is CC(C)N1NCC2C(C(=O)N(C)CC3CCCCC3)CC(C3CCCC(CN(C)CCN)C3)NC21. The van der Waals surface area contributed by atoms with Crippen molar-refractivity contribution in [2.45, 2.75) is 96.3 Å². The van der Waals surface area contributed by atoms with Crippen molar-refractivity contribution in [3.8, 4) is 0 Å². The van der Waals surface area contributed by atoms with Gasteiger partial charge in [0.1, 0.15) is 0 Å². The third-order valence-corrected chi connectivity index (χ3v) is 9.60. The summed E-state index contributed by atoms with van der Waals surface area (Å²) in [7, 11) is 4.29. The molecule has 2 heterocycles. The zero-order valence-electron chi connectivity index (χ0n) is 23.1. The predicted molar refractivity (Wildman–Crippen MR) is 143 cm³/mol. The van der Waals surface area contributed by atoms with Crippen molar-refractivity contribution in [1.82, 2.24) is 25.6 Å². The normalized spacial score (nSPS) is 34.9. The number of piperidine rings is 1. The molecule has 6 atom stereocenters. The van der Waals surface area contributed by atoms with E-state index in [4.69, 9.17) is 5.73 Å². The Hall–Kier alpha value is -0.730. The largest absolute Gasteiger partial charge is 0.345 e. The number of hydrogen-bond donors (Lipinski definition) is 3. The Morgan fingerprint density at radius 3 is 2.46 bits per heavy atom. The van der Waals surface area contributed by atoms with Crippen molar-refractivity contribution in [3.05, 3.63) is 0 Å². The van der Waals surface area contributed by atoms with Crippen molar-refractivity contribution in [2.24, 2.45) is 35.3 Å². The first kappa shape index (κ1) is 27.3. The molecule has 2 aliphatic carbocycles. The summed E-state index contributed by atoms with van der Waals surface area (Å²) in [4.78, 5) is 18.5. The van der Waals surface area contributed by atoms with Gasteiger partial charge in [-0.15, -0.1) is 0 Å². The number of nitrogens with one attached hydrogen (secondary N) is 2. The molecular weight excluding hydrogens is 436 g/mol. The summed E-state index contributed by atoms with van der Waals surface area (Å²) in [6.45, 7) is 9.24. The number of hydrogen-bond acceptors (Lipinski definition) is 6. The number of fused-ring (bicyclic) bond motifs is 1. The summed E-state index contributed by atoms with van der Waals surface area (Å²) in [6, 6.07) is 0.841. The van der Waals surface area contributed by atoms with Gasteiger partial charge in [-0.1, -0.05) is 25.7 Å². The molecular formula is C28H54N6O. The molecule has 35 heavy (non-hydrogen) atoms. The minimum atomic E-state index is 0.122. The van der Waals surface area contributed by atoms with Crippen LogP contribution >= 0.6 is 0 Å². The van der Waals surface area contributed by atoms with E-state index in [2.05, 4.69) is 53.5 Å². The highest BCUT2D eigenvalue weighted by molar-refractivity contribution is 5.79. The highest BCUT2D eigenvalue weighted by atomic mass is 16.2. The fourth-order valence-electron chi connectivity index (χ4n) is 7.79. The van der Waals surface area contributed by atoms with E-state index in [0.717, 1.165) is 45.1 Å². The van der Waals surface area contributed by atoms with Gasteiger partial charge in [0.05, 0.1) is 6.17 Å². The number of likely N-dealkylation sites (N-methyl/N-ethyl adjacent to an activating group) is 1. The second-order valence-electron chi connectivity index (χ2n) is 12.7. The maximum atomic E-state index is 13.9. The van der Waals surface area contributed by atoms with Gasteiger partial charge in [-0.2, -0.15) is 0 Å². The maximum Gasteiger partial charge on any atom is 0.225 e. The lowest BCUT2D eigenvalue weighted by atomic mass is 9.71. The number of carbonyl (C=O) groups excluding carboxylic acids is 1. The van der Waals surface area contributed by atoms with Crippen molar-refractivity contribution < 1.29 is 4.79 Å². The van der Waals surface area contributed by atoms with Crippen LogP contribution in [0, 0.1) is 29.6 Å². The minimum Gasteiger partial charge on any atom is -0.345 e. The molecule has 7 heteroatoms. The minimum absolute atomic E-state index is 0.122. The summed E-state index contributed by atoms with van der Waals surface area (Å²) in [5.41, 5.74) is 9.45. The van der Waals surface area contributed by atoms with Crippen LogP contribution in [0.3, 0.4) is 0 Å². The molecule has 4 fully saturated rings. The van der Waals surface area contributed by atoms with E-state index in [1.807, 2.05) is 0 Å². The number of carbonyl (C=O) groups is 1. The smallest absolute Gasteiger partial charge is 0.225 e. The highest BCUT2D eigenvalue weighted by Gasteiger charge is 2.50. The summed E-state index contributed by atoms with van der Waals surface area (Å²) >= 11 is 0. The van der Waals surface area contributed by atoms with Crippen LogP contribution in [0.4, 0.5) is 0 Å². The molecule has 0 radical (unpaired) electrons. The van der Waals surface area contributed by atoms with Gasteiger partial charge >= 0.3 is 0 Å². The Kier molecular flexibility index (Phi) is 9.89. The van der Waals surface area contributed by atoms with Crippen LogP contribution in [0.5, 0.6) is 0 Å². The van der Waals surface area contributed by atoms with Crippen LogP contribution in [-0.4, -0.2) is 85.8 Å². The summed E-state index contributed by atoms with van der Waals surface area (Å²) in [5, 5.41) is 6.48. The van der Waals surface area contributed by atoms with E-state index in [9.17, 15) is 4.79 Å². The van der Waals surface area contributed by atoms with Gasteiger partial charge in [0.25, 0.3) is 0 Å². The number of nitrogens with zero attached hydrogens (tertiary/aromatic N) is 3. The van der Waals surface area contributed by atoms with Gasteiger partial charge in [-0.3, -0.25) is 15.5 Å². The van der Waals surface area contributed by atoms with Gasteiger partial charge in [0.2, 0.25) is 5.91 Å². The molecule has 4 rings (SSSR count). The molecule has 1 amide bonds. The average molecular weight is 491 g/mol. The average Bonchev–Trinajstić information content (AvgIpc) is 3.28. The molecule has 0 spiro atoms. The lowest BCUT2D eigenvalue weighted by Crippen LogP contribution is -2.62. The van der Waals surface area contributed by atoms with Crippen LogP contribution in [0.2, 0.25) is 0 Å². The van der Waals surface area contributed by atoms with E-state index >= 15 is 0 Å². The molecule has 0 aromatic heterocycles. The number of amides is 1. The zero-order chi connectivity index (χ0) is 24.9. The lowest BCUT2D eigenvalue weighted by Gasteiger charge is -2.47. The monoisotopic (exact) mass is 490 g/mol. The van der Waals surface area contributed by atoms with Crippen molar-refractivity contribution in [3.63, 3.8) is 0 Å². The van der Waals surface area contributed by atoms with E-state index in [0.29, 0.717) is 35.7 Å². The Morgan fingerprint density at radius 2 is 1.74 bits per heavy atom. The molecule has 2 saturated carbocycles. The first-order chi connectivity index (χ1) is 16.9. The van der Waals surface area contributed by atoms with E-state index < -0.39 is 0 Å². The molecule has 7 nitrogen and oxygen atoms in total. The third kappa shape index (κ3) is 6.78. The second-order valence-corrected chi connectivity index (χ2v) is 12.7. The van der Waals surface area contributed by atoms with Gasteiger partial charge in [-0.05, 0) is 77.2 Å². The molecule has 0 aromatic rings. The van der Waals surface area contributed by atoms with Gasteiger partial charge < -0.3 is 15.5 Å². The summed E-state index contributed by atoms with van der Waals surface area (Å²) in [6.07, 6.45) is 13.1. The lowest BCUT2D eigenvalue weighted by molar-refractivity contribution is -0.139. The fourth-order valence-corrected chi connectivity index (χ4v) is 7.79. The first-order valence-corrected chi connectivity index (χ1v) is 14.8. The second kappa shape index (κ2) is 12.7. The summed E-state index contributed by atoms with van der Waals surface area (Å²) < 4.78 is 0. The number of nitrogens with two attached hydrogens (primary N) is 1. The van der Waals surface area contributed by atoms with Gasteiger partial charge in [0.15, 0.2) is 0 Å². The Labute approximate surface area is 214 Å². The Bertz CT molecular complexity index is 668. The third-order valence-electron chi connectivity index (χ3n) is 9.60. The van der Waals surface area contributed by atoms with Crippen LogP contribution in [0.1, 0.15) is 78.1 Å². The zero-order valence-corrected chi connectivity index (χ0v) is 23.1. The van der Waals surface area contributed by atoms with Crippen molar-refractivity contribution in [2.75, 3.05) is 46.8 Å². The Balaban J connectivity index is 1.45. The van der Waals surface area contributed by atoms with Crippen LogP contribution in [0.25, 0.3) is 0 Å².